The second-order valence-electron chi connectivity index (χ2n) is 6.58. The molecule has 0 radical (unpaired) electrons. The standard InChI is InChI=1S/C17H21N3O2S/c1-22-13-4-5-14-15(9-13)23-17(19-14)20-16(21)8-10-6-11-2-3-12(7-10)18-11/h4-5,9-12,18H,2-3,6-8H2,1H3,(H,19,20,21). The van der Waals surface area contributed by atoms with Gasteiger partial charge in [0.05, 0.1) is 17.3 Å². The molecule has 23 heavy (non-hydrogen) atoms. The number of hydrogen-bond donors (Lipinski definition) is 2. The molecule has 122 valence electrons. The quantitative estimate of drug-likeness (QED) is 0.903. The Morgan fingerprint density at radius 1 is 1.39 bits per heavy atom. The number of anilines is 1. The molecule has 2 aliphatic rings. The van der Waals surface area contributed by atoms with Crippen molar-refractivity contribution in [2.45, 2.75) is 44.2 Å². The van der Waals surface area contributed by atoms with E-state index in [2.05, 4.69) is 15.6 Å². The molecule has 1 amide bonds. The van der Waals surface area contributed by atoms with Crippen LogP contribution < -0.4 is 15.4 Å². The molecule has 2 bridgehead atoms. The normalized spacial score (nSPS) is 26.4. The van der Waals surface area contributed by atoms with Gasteiger partial charge < -0.3 is 15.4 Å². The Morgan fingerprint density at radius 3 is 2.91 bits per heavy atom. The van der Waals surface area contributed by atoms with Gasteiger partial charge in [0.25, 0.3) is 0 Å². The first-order chi connectivity index (χ1) is 11.2. The van der Waals surface area contributed by atoms with Crippen LogP contribution in [-0.4, -0.2) is 30.1 Å². The van der Waals surface area contributed by atoms with Crippen molar-refractivity contribution in [3.05, 3.63) is 18.2 Å². The minimum Gasteiger partial charge on any atom is -0.497 e. The second kappa shape index (κ2) is 6.09. The van der Waals surface area contributed by atoms with Crippen LogP contribution in [0.25, 0.3) is 10.2 Å². The van der Waals surface area contributed by atoms with Crippen LogP contribution in [0.1, 0.15) is 32.1 Å². The molecule has 2 unspecified atom stereocenters. The molecular weight excluding hydrogens is 310 g/mol. The fourth-order valence-corrected chi connectivity index (χ4v) is 4.77. The van der Waals surface area contributed by atoms with Gasteiger partial charge in [-0.15, -0.1) is 0 Å². The van der Waals surface area contributed by atoms with E-state index in [0.29, 0.717) is 29.6 Å². The van der Waals surface area contributed by atoms with Crippen molar-refractivity contribution in [2.24, 2.45) is 5.92 Å². The first-order valence-corrected chi connectivity index (χ1v) is 9.02. The highest BCUT2D eigenvalue weighted by molar-refractivity contribution is 7.22. The third-order valence-corrected chi connectivity index (χ3v) is 5.82. The molecule has 2 atom stereocenters. The average Bonchev–Trinajstić information content (AvgIpc) is 3.08. The van der Waals surface area contributed by atoms with E-state index in [-0.39, 0.29) is 5.91 Å². The number of hydrogen-bond acceptors (Lipinski definition) is 5. The van der Waals surface area contributed by atoms with Gasteiger partial charge in [-0.05, 0) is 49.8 Å². The number of aromatic nitrogens is 1. The van der Waals surface area contributed by atoms with Gasteiger partial charge in [0.15, 0.2) is 5.13 Å². The Bertz CT molecular complexity index is 718. The zero-order valence-corrected chi connectivity index (χ0v) is 14.0. The van der Waals surface area contributed by atoms with Crippen molar-refractivity contribution < 1.29 is 9.53 Å². The summed E-state index contributed by atoms with van der Waals surface area (Å²) in [6.07, 6.45) is 5.39. The summed E-state index contributed by atoms with van der Waals surface area (Å²) in [7, 11) is 1.65. The van der Waals surface area contributed by atoms with E-state index in [1.165, 1.54) is 24.2 Å². The van der Waals surface area contributed by atoms with E-state index in [1.807, 2.05) is 18.2 Å². The molecule has 3 heterocycles. The van der Waals surface area contributed by atoms with Gasteiger partial charge in [-0.3, -0.25) is 4.79 Å². The second-order valence-corrected chi connectivity index (χ2v) is 7.61. The summed E-state index contributed by atoms with van der Waals surface area (Å²) in [6, 6.07) is 7.01. The van der Waals surface area contributed by atoms with Crippen LogP contribution in [0.15, 0.2) is 18.2 Å². The Morgan fingerprint density at radius 2 is 2.17 bits per heavy atom. The van der Waals surface area contributed by atoms with E-state index < -0.39 is 0 Å². The monoisotopic (exact) mass is 331 g/mol. The lowest BCUT2D eigenvalue weighted by Crippen LogP contribution is -2.39. The molecule has 1 aromatic heterocycles. The molecule has 6 heteroatoms. The first kappa shape index (κ1) is 14.9. The number of fused-ring (bicyclic) bond motifs is 3. The zero-order valence-electron chi connectivity index (χ0n) is 13.2. The topological polar surface area (TPSA) is 63.2 Å². The Hall–Kier alpha value is -1.66. The lowest BCUT2D eigenvalue weighted by molar-refractivity contribution is -0.117. The van der Waals surface area contributed by atoms with Crippen LogP contribution in [0.4, 0.5) is 5.13 Å². The number of piperidine rings is 1. The molecule has 2 fully saturated rings. The SMILES string of the molecule is COc1ccc2nc(NC(=O)CC3CC4CCC(C3)N4)sc2c1. The number of methoxy groups -OCH3 is 1. The molecule has 0 aliphatic carbocycles. The van der Waals surface area contributed by atoms with Gasteiger partial charge in [-0.1, -0.05) is 11.3 Å². The van der Waals surface area contributed by atoms with Crippen molar-refractivity contribution in [1.82, 2.24) is 10.3 Å². The summed E-state index contributed by atoms with van der Waals surface area (Å²) in [5.74, 6) is 1.40. The van der Waals surface area contributed by atoms with E-state index in [1.54, 1.807) is 7.11 Å². The van der Waals surface area contributed by atoms with Crippen LogP contribution >= 0.6 is 11.3 Å². The van der Waals surface area contributed by atoms with Crippen LogP contribution in [0, 0.1) is 5.92 Å². The van der Waals surface area contributed by atoms with E-state index >= 15 is 0 Å². The van der Waals surface area contributed by atoms with Gasteiger partial charge >= 0.3 is 0 Å². The van der Waals surface area contributed by atoms with E-state index in [4.69, 9.17) is 4.74 Å². The third-order valence-electron chi connectivity index (χ3n) is 4.89. The Balaban J connectivity index is 1.40. The predicted molar refractivity (Wildman–Crippen MR) is 92.1 cm³/mol. The number of nitrogens with one attached hydrogen (secondary N) is 2. The summed E-state index contributed by atoms with van der Waals surface area (Å²) >= 11 is 1.50. The number of nitrogens with zero attached hydrogens (tertiary/aromatic N) is 1. The maximum absolute atomic E-state index is 12.3. The highest BCUT2D eigenvalue weighted by atomic mass is 32.1. The van der Waals surface area contributed by atoms with Crippen molar-refractivity contribution in [3.63, 3.8) is 0 Å². The van der Waals surface area contributed by atoms with Gasteiger partial charge in [0.2, 0.25) is 5.91 Å². The average molecular weight is 331 g/mol. The molecule has 2 N–H and O–H groups in total. The van der Waals surface area contributed by atoms with Gasteiger partial charge in [0.1, 0.15) is 5.75 Å². The van der Waals surface area contributed by atoms with Crippen molar-refractivity contribution >= 4 is 32.6 Å². The third kappa shape index (κ3) is 3.19. The molecule has 2 aromatic rings. The number of benzene rings is 1. The lowest BCUT2D eigenvalue weighted by atomic mass is 9.89. The van der Waals surface area contributed by atoms with E-state index in [0.717, 1.165) is 28.8 Å². The highest BCUT2D eigenvalue weighted by Crippen LogP contribution is 2.33. The van der Waals surface area contributed by atoms with Gasteiger partial charge in [0, 0.05) is 18.5 Å². The maximum atomic E-state index is 12.3. The van der Waals surface area contributed by atoms with Gasteiger partial charge in [-0.25, -0.2) is 4.98 Å². The fraction of sp³-hybridized carbons (Fsp3) is 0.529. The summed E-state index contributed by atoms with van der Waals surface area (Å²) < 4.78 is 6.25. The predicted octanol–water partition coefficient (Wildman–Crippen LogP) is 3.16. The van der Waals surface area contributed by atoms with Crippen LogP contribution in [0.2, 0.25) is 0 Å². The molecular formula is C17H21N3O2S. The molecule has 2 saturated heterocycles. The van der Waals surface area contributed by atoms with Crippen molar-refractivity contribution in [1.29, 1.82) is 0 Å². The fourth-order valence-electron chi connectivity index (χ4n) is 3.86. The molecule has 5 nitrogen and oxygen atoms in total. The minimum atomic E-state index is 0.0855. The number of carbonyl (C=O) groups excluding carboxylic acids is 1. The minimum absolute atomic E-state index is 0.0855. The molecule has 4 rings (SSSR count). The molecule has 0 saturated carbocycles. The van der Waals surface area contributed by atoms with E-state index in [9.17, 15) is 4.79 Å². The molecule has 2 aliphatic heterocycles. The Kier molecular flexibility index (Phi) is 3.95. The largest absolute Gasteiger partial charge is 0.497 e. The Labute approximate surface area is 139 Å². The van der Waals surface area contributed by atoms with Crippen LogP contribution in [0.3, 0.4) is 0 Å². The smallest absolute Gasteiger partial charge is 0.226 e. The van der Waals surface area contributed by atoms with Gasteiger partial charge in [-0.2, -0.15) is 0 Å². The number of amides is 1. The summed E-state index contributed by atoms with van der Waals surface area (Å²) in [5, 5.41) is 7.27. The first-order valence-electron chi connectivity index (χ1n) is 8.20. The molecule has 0 spiro atoms. The van der Waals surface area contributed by atoms with Crippen molar-refractivity contribution in [3.8, 4) is 5.75 Å². The maximum Gasteiger partial charge on any atom is 0.226 e. The van der Waals surface area contributed by atoms with Crippen LogP contribution in [-0.2, 0) is 4.79 Å². The van der Waals surface area contributed by atoms with Crippen LogP contribution in [0.5, 0.6) is 5.75 Å². The summed E-state index contributed by atoms with van der Waals surface area (Å²) in [4.78, 5) is 16.8. The summed E-state index contributed by atoms with van der Waals surface area (Å²) in [6.45, 7) is 0. The number of rotatable bonds is 4. The van der Waals surface area contributed by atoms with Crippen molar-refractivity contribution in [2.75, 3.05) is 12.4 Å². The molecule has 1 aromatic carbocycles. The number of carbonyl (C=O) groups is 1. The number of thiazole rings is 1. The highest BCUT2D eigenvalue weighted by Gasteiger charge is 2.34. The zero-order chi connectivity index (χ0) is 15.8. The lowest BCUT2D eigenvalue weighted by Gasteiger charge is -2.28. The summed E-state index contributed by atoms with van der Waals surface area (Å²) in [5.41, 5.74) is 0.894. The number of ether oxygens (including phenoxy) is 1.